The molecule has 0 unspecified atom stereocenters. The van der Waals surface area contributed by atoms with Crippen LogP contribution in [0.4, 0.5) is 5.13 Å². The number of amides is 1. The van der Waals surface area contributed by atoms with E-state index in [0.717, 1.165) is 64.8 Å². The Hall–Kier alpha value is -2.43. The van der Waals surface area contributed by atoms with Gasteiger partial charge in [0.05, 0.1) is 28.1 Å². The Labute approximate surface area is 258 Å². The summed E-state index contributed by atoms with van der Waals surface area (Å²) in [5.74, 6) is 1.39. The maximum atomic E-state index is 13.7. The van der Waals surface area contributed by atoms with Crippen molar-refractivity contribution in [3.8, 4) is 11.5 Å². The number of thiazole rings is 1. The third-order valence-corrected chi connectivity index (χ3v) is 15.4. The lowest BCUT2D eigenvalue weighted by atomic mass is 9.94. The fraction of sp³-hybridized carbons (Fsp3) is 0.500. The van der Waals surface area contributed by atoms with E-state index in [-0.39, 0.29) is 29.9 Å². The highest BCUT2D eigenvalue weighted by Crippen LogP contribution is 2.51. The largest absolute Gasteiger partial charge is 0.454 e. The van der Waals surface area contributed by atoms with Crippen molar-refractivity contribution in [2.24, 2.45) is 0 Å². The molecule has 224 valence electrons. The van der Waals surface area contributed by atoms with Crippen LogP contribution in [-0.4, -0.2) is 50.1 Å². The summed E-state index contributed by atoms with van der Waals surface area (Å²) in [4.78, 5) is 22.1. The number of carbonyl (C=O) groups is 1. The molecule has 2 fully saturated rings. The number of aromatic nitrogens is 1. The molecule has 3 heterocycles. The highest BCUT2D eigenvalue weighted by atomic mass is 35.5. The molecule has 0 radical (unpaired) electrons. The fourth-order valence-electron chi connectivity index (χ4n) is 5.78. The van der Waals surface area contributed by atoms with Gasteiger partial charge in [-0.2, -0.15) is 0 Å². The van der Waals surface area contributed by atoms with Gasteiger partial charge in [0, 0.05) is 18.1 Å². The van der Waals surface area contributed by atoms with Crippen LogP contribution in [0.25, 0.3) is 0 Å². The Bertz CT molecular complexity index is 1500. The molecule has 0 spiro atoms. The minimum Gasteiger partial charge on any atom is -0.454 e. The van der Waals surface area contributed by atoms with Gasteiger partial charge in [0.2, 0.25) is 12.7 Å². The quantitative estimate of drug-likeness (QED) is 0.259. The summed E-state index contributed by atoms with van der Waals surface area (Å²) in [7, 11) is -1.90. The average molecular weight is 626 g/mol. The molecule has 1 N–H and O–H groups in total. The predicted molar refractivity (Wildman–Crippen MR) is 171 cm³/mol. The molecule has 1 saturated heterocycles. The first kappa shape index (κ1) is 29.6. The van der Waals surface area contributed by atoms with Crippen molar-refractivity contribution in [2.45, 2.75) is 82.7 Å². The molecule has 2 aliphatic heterocycles. The van der Waals surface area contributed by atoms with Crippen LogP contribution in [0.3, 0.4) is 0 Å². The molecule has 42 heavy (non-hydrogen) atoms. The molecule has 7 nitrogen and oxygen atoms in total. The second kappa shape index (κ2) is 10.9. The summed E-state index contributed by atoms with van der Waals surface area (Å²) in [5, 5.41) is 4.67. The molecule has 1 aliphatic carbocycles. The Morgan fingerprint density at radius 1 is 1.19 bits per heavy atom. The second-order valence-corrected chi connectivity index (χ2v) is 19.5. The smallest absolute Gasteiger partial charge is 0.236 e. The van der Waals surface area contributed by atoms with E-state index < -0.39 is 13.7 Å². The summed E-state index contributed by atoms with van der Waals surface area (Å²) < 4.78 is 17.9. The third kappa shape index (κ3) is 5.50. The van der Waals surface area contributed by atoms with Crippen molar-refractivity contribution in [3.63, 3.8) is 0 Å². The summed E-state index contributed by atoms with van der Waals surface area (Å²) in [6.07, 6.45) is 2.75. The Kier molecular flexibility index (Phi) is 7.71. The van der Waals surface area contributed by atoms with E-state index in [0.29, 0.717) is 10.9 Å². The molecule has 0 bridgehead atoms. The van der Waals surface area contributed by atoms with E-state index in [1.165, 1.54) is 0 Å². The third-order valence-electron chi connectivity index (χ3n) is 9.42. The highest BCUT2D eigenvalue weighted by Gasteiger charge is 2.52. The normalized spacial score (nSPS) is 20.5. The molecule has 2 aromatic carbocycles. The number of hydrogen-bond donors (Lipinski definition) is 1. The van der Waals surface area contributed by atoms with Crippen LogP contribution < -0.4 is 14.8 Å². The molecule has 2 atom stereocenters. The van der Waals surface area contributed by atoms with Crippen molar-refractivity contribution in [1.29, 1.82) is 0 Å². The number of anilines is 1. The molecular weight excluding hydrogens is 586 g/mol. The Morgan fingerprint density at radius 3 is 2.64 bits per heavy atom. The van der Waals surface area contributed by atoms with Crippen LogP contribution in [0.1, 0.15) is 67.8 Å². The first-order valence-electron chi connectivity index (χ1n) is 14.7. The van der Waals surface area contributed by atoms with Crippen LogP contribution in [0.2, 0.25) is 23.2 Å². The highest BCUT2D eigenvalue weighted by molar-refractivity contribution is 7.16. The van der Waals surface area contributed by atoms with E-state index in [1.807, 2.05) is 43.3 Å². The van der Waals surface area contributed by atoms with Gasteiger partial charge in [0.1, 0.15) is 0 Å². The van der Waals surface area contributed by atoms with Gasteiger partial charge in [-0.05, 0) is 73.6 Å². The number of hydrogen-bond acceptors (Lipinski definition) is 7. The number of nitrogens with one attached hydrogen (secondary N) is 1. The van der Waals surface area contributed by atoms with Crippen LogP contribution in [0, 0.1) is 6.92 Å². The van der Waals surface area contributed by atoms with Crippen molar-refractivity contribution in [1.82, 2.24) is 9.88 Å². The average Bonchev–Trinajstić information content (AvgIpc) is 3.20. The van der Waals surface area contributed by atoms with E-state index in [1.54, 1.807) is 11.3 Å². The van der Waals surface area contributed by atoms with Gasteiger partial charge in [-0.25, -0.2) is 4.98 Å². The topological polar surface area (TPSA) is 72.9 Å². The van der Waals surface area contributed by atoms with Crippen LogP contribution in [0.15, 0.2) is 42.5 Å². The van der Waals surface area contributed by atoms with Gasteiger partial charge in [0.25, 0.3) is 0 Å². The fourth-order valence-corrected chi connectivity index (χ4v) is 8.51. The maximum Gasteiger partial charge on any atom is 0.236 e. The monoisotopic (exact) mass is 625 g/mol. The number of aryl methyl sites for hydroxylation is 1. The number of benzene rings is 2. The molecule has 3 aliphatic rings. The second-order valence-electron chi connectivity index (χ2n) is 13.3. The maximum absolute atomic E-state index is 13.7. The molecule has 1 saturated carbocycles. The lowest BCUT2D eigenvalue weighted by molar-refractivity contribution is -0.118. The van der Waals surface area contributed by atoms with E-state index in [2.05, 4.69) is 50.1 Å². The lowest BCUT2D eigenvalue weighted by Gasteiger charge is -2.38. The molecule has 6 rings (SSSR count). The SMILES string of the molecule is Cc1nc(NC(=O)C2(c3ccc4c(c3)OCO4)CC2)sc1[C@@H](c1ccccc1Cl)N1CC[C@H](O[Si](C)(C)C(C)(C)C)C1. The van der Waals surface area contributed by atoms with Crippen LogP contribution in [0.5, 0.6) is 11.5 Å². The van der Waals surface area contributed by atoms with Crippen molar-refractivity contribution < 1.29 is 18.7 Å². The van der Waals surface area contributed by atoms with Gasteiger partial charge in [-0.15, -0.1) is 0 Å². The summed E-state index contributed by atoms with van der Waals surface area (Å²) in [5.41, 5.74) is 2.35. The summed E-state index contributed by atoms with van der Waals surface area (Å²) in [6.45, 7) is 15.5. The first-order chi connectivity index (χ1) is 19.9. The van der Waals surface area contributed by atoms with Crippen molar-refractivity contribution in [3.05, 3.63) is 69.2 Å². The number of ether oxygens (including phenoxy) is 2. The molecular formula is C32H40ClN3O4SSi. The predicted octanol–water partition coefficient (Wildman–Crippen LogP) is 7.69. The van der Waals surface area contributed by atoms with Crippen molar-refractivity contribution in [2.75, 3.05) is 25.2 Å². The Morgan fingerprint density at radius 2 is 1.93 bits per heavy atom. The minimum atomic E-state index is -1.90. The number of likely N-dealkylation sites (tertiary alicyclic amines) is 1. The molecule has 10 heteroatoms. The first-order valence-corrected chi connectivity index (χ1v) is 18.8. The number of carbonyl (C=O) groups excluding carboxylic acids is 1. The lowest BCUT2D eigenvalue weighted by Crippen LogP contribution is -2.44. The molecule has 3 aromatic rings. The number of halogens is 1. The number of nitrogens with zero attached hydrogens (tertiary/aromatic N) is 2. The number of fused-ring (bicyclic) bond motifs is 1. The Balaban J connectivity index is 1.25. The number of rotatable bonds is 8. The van der Waals surface area contributed by atoms with Crippen molar-refractivity contribution >= 4 is 42.3 Å². The van der Waals surface area contributed by atoms with Gasteiger partial charge in [-0.1, -0.05) is 68.0 Å². The van der Waals surface area contributed by atoms with Gasteiger partial charge in [0.15, 0.2) is 24.9 Å². The zero-order valence-electron chi connectivity index (χ0n) is 25.3. The molecule has 1 amide bonds. The van der Waals surface area contributed by atoms with E-state index >= 15 is 0 Å². The zero-order chi connectivity index (χ0) is 29.9. The van der Waals surface area contributed by atoms with Crippen LogP contribution in [-0.2, 0) is 14.6 Å². The van der Waals surface area contributed by atoms with Gasteiger partial charge >= 0.3 is 0 Å². The zero-order valence-corrected chi connectivity index (χ0v) is 27.8. The van der Waals surface area contributed by atoms with E-state index in [9.17, 15) is 4.79 Å². The standard InChI is InChI=1S/C32H40ClN3O4SSi/c1-20-28(41-30(34-20)35-29(37)32(14-15-32)21-11-12-25-26(17-21)39-19-38-25)27(23-9-7-8-10-24(23)33)36-16-13-22(18-36)40-42(5,6)31(2,3)4/h7-12,17,22,27H,13-16,18-19H2,1-6H3,(H,34,35,37)/t22-,27+/m0/s1. The van der Waals surface area contributed by atoms with Gasteiger partial charge in [-0.3, -0.25) is 9.69 Å². The van der Waals surface area contributed by atoms with E-state index in [4.69, 9.17) is 30.5 Å². The molecule has 1 aromatic heterocycles. The summed E-state index contributed by atoms with van der Waals surface area (Å²) in [6, 6.07) is 13.8. The van der Waals surface area contributed by atoms with Gasteiger partial charge < -0.3 is 19.2 Å². The van der Waals surface area contributed by atoms with Crippen LogP contribution >= 0.6 is 22.9 Å². The minimum absolute atomic E-state index is 0.0278. The summed E-state index contributed by atoms with van der Waals surface area (Å²) >= 11 is 8.36.